The number of allylic oxidation sites excluding steroid dienone is 2. The maximum absolute atomic E-state index is 14.1. The van der Waals surface area contributed by atoms with Gasteiger partial charge in [0, 0.05) is 40.1 Å². The third-order valence-electron chi connectivity index (χ3n) is 4.83. The van der Waals surface area contributed by atoms with Gasteiger partial charge >= 0.3 is 6.18 Å². The summed E-state index contributed by atoms with van der Waals surface area (Å²) in [7, 11) is 0. The van der Waals surface area contributed by atoms with Gasteiger partial charge in [0.25, 0.3) is 0 Å². The second-order valence-electron chi connectivity index (χ2n) is 7.05. The van der Waals surface area contributed by atoms with Crippen LogP contribution in [0.3, 0.4) is 0 Å². The van der Waals surface area contributed by atoms with E-state index in [0.29, 0.717) is 28.4 Å². The van der Waals surface area contributed by atoms with Gasteiger partial charge in [-0.05, 0) is 18.2 Å². The maximum atomic E-state index is 14.1. The summed E-state index contributed by atoms with van der Waals surface area (Å²) in [5.74, 6) is 0. The number of halogens is 4. The zero-order chi connectivity index (χ0) is 24.3. The van der Waals surface area contributed by atoms with Crippen molar-refractivity contribution < 1.29 is 13.2 Å². The van der Waals surface area contributed by atoms with Gasteiger partial charge in [-0.1, -0.05) is 42.4 Å². The number of pyridine rings is 1. The Morgan fingerprint density at radius 3 is 2.47 bits per heavy atom. The number of hydrogen-bond donors (Lipinski definition) is 3. The Hall–Kier alpha value is -4.18. The number of hydrogen-bond acceptors (Lipinski definition) is 6. The average molecular weight is 484 g/mol. The molecular formula is C23H17ClF3N7. The SMILES string of the molecule is C=C(Nc1ccc(-n2nccn2)c(Cl)c1)/C(C=N)=C(/Nc1cncc2ccccc12)C(F)(F)F. The van der Waals surface area contributed by atoms with Crippen LogP contribution in [0, 0.1) is 5.41 Å². The molecule has 0 saturated heterocycles. The van der Waals surface area contributed by atoms with Gasteiger partial charge in [-0.3, -0.25) is 4.98 Å². The van der Waals surface area contributed by atoms with Gasteiger partial charge in [0.05, 0.1) is 29.3 Å². The Labute approximate surface area is 197 Å². The normalized spacial score (nSPS) is 12.2. The number of rotatable bonds is 7. The lowest BCUT2D eigenvalue weighted by Gasteiger charge is -2.20. The lowest BCUT2D eigenvalue weighted by molar-refractivity contribution is -0.0906. The van der Waals surface area contributed by atoms with Crippen LogP contribution in [-0.4, -0.2) is 32.4 Å². The molecule has 0 amide bonds. The molecule has 0 aliphatic heterocycles. The standard InChI is InChI=1S/C23H17ClF3N7/c1-14(32-16-6-7-21(19(24)10-16)34-30-8-9-31-34)18(11-28)22(23(25,26)27)33-20-13-29-12-15-4-2-3-5-17(15)20/h2-13,28,32-33H,1H2/b22-18+,28-11?. The fraction of sp³-hybridized carbons (Fsp3) is 0.0435. The summed E-state index contributed by atoms with van der Waals surface area (Å²) >= 11 is 6.29. The number of alkyl halides is 3. The summed E-state index contributed by atoms with van der Waals surface area (Å²) in [5.41, 5.74) is -0.762. The van der Waals surface area contributed by atoms with Crippen molar-refractivity contribution >= 4 is 40.0 Å². The molecule has 0 saturated carbocycles. The minimum atomic E-state index is -4.80. The molecule has 0 fully saturated rings. The molecule has 0 radical (unpaired) electrons. The minimum Gasteiger partial charge on any atom is -0.355 e. The van der Waals surface area contributed by atoms with Crippen molar-refractivity contribution in [2.75, 3.05) is 10.6 Å². The first-order chi connectivity index (χ1) is 16.3. The minimum absolute atomic E-state index is 0.149. The molecule has 34 heavy (non-hydrogen) atoms. The van der Waals surface area contributed by atoms with Crippen LogP contribution in [0.15, 0.2) is 90.8 Å². The number of benzene rings is 2. The molecule has 2 aromatic carbocycles. The van der Waals surface area contributed by atoms with Crippen LogP contribution < -0.4 is 10.6 Å². The Morgan fingerprint density at radius 1 is 1.06 bits per heavy atom. The Bertz CT molecular complexity index is 1390. The third-order valence-corrected chi connectivity index (χ3v) is 5.13. The molecule has 4 rings (SSSR count). The molecule has 0 bridgehead atoms. The number of fused-ring (bicyclic) bond motifs is 1. The molecule has 3 N–H and O–H groups in total. The molecule has 0 unspecified atom stereocenters. The zero-order valence-corrected chi connectivity index (χ0v) is 18.2. The first-order valence-electron chi connectivity index (χ1n) is 9.82. The fourth-order valence-corrected chi connectivity index (χ4v) is 3.54. The number of aromatic nitrogens is 4. The van der Waals surface area contributed by atoms with Crippen LogP contribution in [0.4, 0.5) is 24.5 Å². The van der Waals surface area contributed by atoms with Crippen LogP contribution in [-0.2, 0) is 0 Å². The van der Waals surface area contributed by atoms with Crippen LogP contribution >= 0.6 is 11.6 Å². The summed E-state index contributed by atoms with van der Waals surface area (Å²) in [6.45, 7) is 3.71. The van der Waals surface area contributed by atoms with Gasteiger partial charge in [-0.25, -0.2) is 0 Å². The van der Waals surface area contributed by atoms with Crippen LogP contribution in [0.2, 0.25) is 5.02 Å². The zero-order valence-electron chi connectivity index (χ0n) is 17.4. The quantitative estimate of drug-likeness (QED) is 0.222. The highest BCUT2D eigenvalue weighted by atomic mass is 35.5. The second-order valence-corrected chi connectivity index (χ2v) is 7.46. The first kappa shape index (κ1) is 23.0. The van der Waals surface area contributed by atoms with Gasteiger partial charge in [0.1, 0.15) is 11.4 Å². The topological polar surface area (TPSA) is 91.5 Å². The van der Waals surface area contributed by atoms with Crippen LogP contribution in [0.25, 0.3) is 16.5 Å². The van der Waals surface area contributed by atoms with Crippen molar-refractivity contribution in [2.24, 2.45) is 0 Å². The van der Waals surface area contributed by atoms with E-state index in [1.807, 2.05) is 0 Å². The molecule has 172 valence electrons. The fourth-order valence-electron chi connectivity index (χ4n) is 3.28. The van der Waals surface area contributed by atoms with E-state index in [9.17, 15) is 13.2 Å². The molecule has 4 aromatic rings. The molecule has 0 aliphatic carbocycles. The molecule has 0 aliphatic rings. The lowest BCUT2D eigenvalue weighted by atomic mass is 10.1. The monoisotopic (exact) mass is 483 g/mol. The lowest BCUT2D eigenvalue weighted by Crippen LogP contribution is -2.24. The average Bonchev–Trinajstić information content (AvgIpc) is 3.33. The van der Waals surface area contributed by atoms with E-state index in [4.69, 9.17) is 17.0 Å². The number of nitrogens with zero attached hydrogens (tertiary/aromatic N) is 4. The molecule has 7 nitrogen and oxygen atoms in total. The van der Waals surface area contributed by atoms with Crippen LogP contribution in [0.1, 0.15) is 0 Å². The van der Waals surface area contributed by atoms with E-state index in [1.165, 1.54) is 29.5 Å². The van der Waals surface area contributed by atoms with Crippen LogP contribution in [0.5, 0.6) is 0 Å². The van der Waals surface area contributed by atoms with Gasteiger partial charge in [0.2, 0.25) is 0 Å². The van der Waals surface area contributed by atoms with E-state index in [-0.39, 0.29) is 16.4 Å². The summed E-state index contributed by atoms with van der Waals surface area (Å²) in [6.07, 6.45) is 1.62. The van der Waals surface area contributed by atoms with E-state index in [2.05, 4.69) is 32.4 Å². The highest BCUT2D eigenvalue weighted by Crippen LogP contribution is 2.34. The second kappa shape index (κ2) is 9.36. The largest absolute Gasteiger partial charge is 0.431 e. The first-order valence-corrected chi connectivity index (χ1v) is 10.2. The molecule has 0 spiro atoms. The number of nitrogens with one attached hydrogen (secondary N) is 3. The van der Waals surface area contributed by atoms with Crippen molar-refractivity contribution in [3.8, 4) is 5.69 Å². The van der Waals surface area contributed by atoms with Gasteiger partial charge < -0.3 is 16.0 Å². The van der Waals surface area contributed by atoms with Crippen molar-refractivity contribution in [3.63, 3.8) is 0 Å². The maximum Gasteiger partial charge on any atom is 0.431 e. The predicted octanol–water partition coefficient (Wildman–Crippen LogP) is 5.97. The van der Waals surface area contributed by atoms with E-state index >= 15 is 0 Å². The molecular weight excluding hydrogens is 467 g/mol. The summed E-state index contributed by atoms with van der Waals surface area (Å²) in [4.78, 5) is 5.32. The predicted molar refractivity (Wildman–Crippen MR) is 126 cm³/mol. The highest BCUT2D eigenvalue weighted by Gasteiger charge is 2.37. The molecule has 0 atom stereocenters. The van der Waals surface area contributed by atoms with Crippen molar-refractivity contribution in [2.45, 2.75) is 6.18 Å². The van der Waals surface area contributed by atoms with Gasteiger partial charge in [0.15, 0.2) is 0 Å². The summed E-state index contributed by atoms with van der Waals surface area (Å²) < 4.78 is 42.2. The smallest absolute Gasteiger partial charge is 0.355 e. The highest BCUT2D eigenvalue weighted by molar-refractivity contribution is 6.32. The Morgan fingerprint density at radius 2 is 1.79 bits per heavy atom. The molecule has 11 heteroatoms. The van der Waals surface area contributed by atoms with Crippen molar-refractivity contribution in [1.82, 2.24) is 20.0 Å². The van der Waals surface area contributed by atoms with Gasteiger partial charge in [-0.15, -0.1) is 0 Å². The van der Waals surface area contributed by atoms with E-state index in [1.54, 1.807) is 42.6 Å². The Kier molecular flexibility index (Phi) is 6.33. The van der Waals surface area contributed by atoms with Crippen molar-refractivity contribution in [1.29, 1.82) is 5.41 Å². The Balaban J connectivity index is 1.68. The number of anilines is 2. The molecule has 2 heterocycles. The summed E-state index contributed by atoms with van der Waals surface area (Å²) in [6, 6.07) is 11.6. The van der Waals surface area contributed by atoms with Gasteiger partial charge in [-0.2, -0.15) is 28.2 Å². The van der Waals surface area contributed by atoms with Crippen molar-refractivity contribution in [3.05, 3.63) is 95.8 Å². The summed E-state index contributed by atoms with van der Waals surface area (Å²) in [5, 5.41) is 22.4. The third kappa shape index (κ3) is 4.76. The van der Waals surface area contributed by atoms with E-state index < -0.39 is 17.4 Å². The molecule has 2 aromatic heterocycles. The van der Waals surface area contributed by atoms with E-state index in [0.717, 1.165) is 0 Å².